The van der Waals surface area contributed by atoms with Gasteiger partial charge in [-0.2, -0.15) is 5.26 Å². The SMILES string of the molecule is COC(=O)CCNC(=O)c1cccc(C#N)c1. The van der Waals surface area contributed by atoms with Crippen LogP contribution in [0.3, 0.4) is 0 Å². The van der Waals surface area contributed by atoms with Crippen molar-refractivity contribution >= 4 is 11.9 Å². The molecule has 1 aromatic carbocycles. The van der Waals surface area contributed by atoms with Crippen LogP contribution in [0, 0.1) is 11.3 Å². The average Bonchev–Trinajstić information content (AvgIpc) is 2.38. The molecule has 0 spiro atoms. The Hall–Kier alpha value is -2.35. The van der Waals surface area contributed by atoms with Gasteiger partial charge in [-0.3, -0.25) is 9.59 Å². The summed E-state index contributed by atoms with van der Waals surface area (Å²) in [5.74, 6) is -0.693. The fourth-order valence-corrected chi connectivity index (χ4v) is 1.21. The van der Waals surface area contributed by atoms with Crippen LogP contribution in [0.5, 0.6) is 0 Å². The molecule has 1 amide bonds. The fourth-order valence-electron chi connectivity index (χ4n) is 1.21. The number of carbonyl (C=O) groups is 2. The Labute approximate surface area is 99.0 Å². The Morgan fingerprint density at radius 1 is 1.47 bits per heavy atom. The second kappa shape index (κ2) is 6.28. The Kier molecular flexibility index (Phi) is 4.70. The molecular formula is C12H12N2O3. The normalized spacial score (nSPS) is 9.18. The van der Waals surface area contributed by atoms with Crippen molar-refractivity contribution in [2.24, 2.45) is 0 Å². The number of methoxy groups -OCH3 is 1. The zero-order valence-electron chi connectivity index (χ0n) is 9.40. The van der Waals surface area contributed by atoms with Crippen molar-refractivity contribution in [1.29, 1.82) is 5.26 Å². The summed E-state index contributed by atoms with van der Waals surface area (Å²) in [7, 11) is 1.29. The molecule has 0 aliphatic rings. The Bertz CT molecular complexity index is 463. The third kappa shape index (κ3) is 3.95. The summed E-state index contributed by atoms with van der Waals surface area (Å²) in [6.07, 6.45) is 0.125. The van der Waals surface area contributed by atoms with E-state index in [1.54, 1.807) is 18.2 Å². The molecule has 0 saturated heterocycles. The molecule has 0 fully saturated rings. The second-order valence-electron chi connectivity index (χ2n) is 3.27. The van der Waals surface area contributed by atoms with Crippen LogP contribution in [0.2, 0.25) is 0 Å². The topological polar surface area (TPSA) is 79.2 Å². The summed E-state index contributed by atoms with van der Waals surface area (Å²) in [6.45, 7) is 0.211. The molecule has 5 nitrogen and oxygen atoms in total. The van der Waals surface area contributed by atoms with Gasteiger partial charge in [0.25, 0.3) is 5.91 Å². The van der Waals surface area contributed by atoms with E-state index in [-0.39, 0.29) is 24.8 Å². The molecule has 1 aromatic rings. The van der Waals surface area contributed by atoms with Crippen LogP contribution in [0.4, 0.5) is 0 Å². The van der Waals surface area contributed by atoms with Gasteiger partial charge < -0.3 is 10.1 Å². The third-order valence-corrected chi connectivity index (χ3v) is 2.10. The first-order chi connectivity index (χ1) is 8.17. The molecule has 5 heteroatoms. The quantitative estimate of drug-likeness (QED) is 0.780. The largest absolute Gasteiger partial charge is 0.469 e. The average molecular weight is 232 g/mol. The van der Waals surface area contributed by atoms with E-state index in [2.05, 4.69) is 10.1 Å². The number of nitriles is 1. The van der Waals surface area contributed by atoms with Gasteiger partial charge in [0.1, 0.15) is 0 Å². The molecule has 0 unspecified atom stereocenters. The lowest BCUT2D eigenvalue weighted by molar-refractivity contribution is -0.140. The van der Waals surface area contributed by atoms with E-state index in [1.807, 2.05) is 6.07 Å². The van der Waals surface area contributed by atoms with Crippen LogP contribution in [-0.2, 0) is 9.53 Å². The van der Waals surface area contributed by atoms with Gasteiger partial charge in [-0.15, -0.1) is 0 Å². The summed E-state index contributed by atoms with van der Waals surface area (Å²) in [5.41, 5.74) is 0.819. The van der Waals surface area contributed by atoms with Gasteiger partial charge in [-0.05, 0) is 18.2 Å². The summed E-state index contributed by atoms with van der Waals surface area (Å²) in [4.78, 5) is 22.4. The number of nitrogens with zero attached hydrogens (tertiary/aromatic N) is 1. The third-order valence-electron chi connectivity index (χ3n) is 2.10. The van der Waals surface area contributed by atoms with Gasteiger partial charge in [-0.25, -0.2) is 0 Å². The number of benzene rings is 1. The Morgan fingerprint density at radius 2 is 2.24 bits per heavy atom. The number of hydrogen-bond acceptors (Lipinski definition) is 4. The van der Waals surface area contributed by atoms with E-state index in [1.165, 1.54) is 13.2 Å². The minimum atomic E-state index is -0.379. The first kappa shape index (κ1) is 12.7. The number of rotatable bonds is 4. The van der Waals surface area contributed by atoms with E-state index >= 15 is 0 Å². The highest BCUT2D eigenvalue weighted by Gasteiger charge is 2.06. The molecule has 0 bridgehead atoms. The lowest BCUT2D eigenvalue weighted by Gasteiger charge is -2.04. The highest BCUT2D eigenvalue weighted by atomic mass is 16.5. The summed E-state index contributed by atoms with van der Waals surface area (Å²) >= 11 is 0. The molecule has 88 valence electrons. The van der Waals surface area contributed by atoms with Crippen molar-refractivity contribution in [2.75, 3.05) is 13.7 Å². The first-order valence-corrected chi connectivity index (χ1v) is 5.02. The lowest BCUT2D eigenvalue weighted by Crippen LogP contribution is -2.26. The summed E-state index contributed by atoms with van der Waals surface area (Å²) in [5, 5.41) is 11.2. The minimum Gasteiger partial charge on any atom is -0.469 e. The van der Waals surface area contributed by atoms with Gasteiger partial charge in [0.15, 0.2) is 0 Å². The van der Waals surface area contributed by atoms with Gasteiger partial charge in [0.05, 0.1) is 25.2 Å². The summed E-state index contributed by atoms with van der Waals surface area (Å²) < 4.78 is 4.44. The monoisotopic (exact) mass is 232 g/mol. The van der Waals surface area contributed by atoms with Crippen molar-refractivity contribution in [3.63, 3.8) is 0 Å². The van der Waals surface area contributed by atoms with Crippen LogP contribution < -0.4 is 5.32 Å². The van der Waals surface area contributed by atoms with E-state index in [0.717, 1.165) is 0 Å². The number of amides is 1. The molecule has 0 heterocycles. The fraction of sp³-hybridized carbons (Fsp3) is 0.250. The molecule has 1 N–H and O–H groups in total. The first-order valence-electron chi connectivity index (χ1n) is 5.02. The molecule has 1 rings (SSSR count). The number of nitrogens with one attached hydrogen (secondary N) is 1. The van der Waals surface area contributed by atoms with E-state index < -0.39 is 0 Å². The molecule has 17 heavy (non-hydrogen) atoms. The number of carbonyl (C=O) groups excluding carboxylic acids is 2. The van der Waals surface area contributed by atoms with Crippen LogP contribution in [-0.4, -0.2) is 25.5 Å². The molecule has 0 radical (unpaired) electrons. The maximum atomic E-state index is 11.6. The zero-order chi connectivity index (χ0) is 12.7. The van der Waals surface area contributed by atoms with Gasteiger partial charge in [0, 0.05) is 12.1 Å². The van der Waals surface area contributed by atoms with E-state index in [4.69, 9.17) is 5.26 Å². The molecule has 0 aliphatic heterocycles. The van der Waals surface area contributed by atoms with Gasteiger partial charge in [0.2, 0.25) is 0 Å². The summed E-state index contributed by atoms with van der Waals surface area (Å²) in [6, 6.07) is 8.30. The van der Waals surface area contributed by atoms with Crippen molar-refractivity contribution in [2.45, 2.75) is 6.42 Å². The zero-order valence-corrected chi connectivity index (χ0v) is 9.40. The highest BCUT2D eigenvalue weighted by molar-refractivity contribution is 5.94. The van der Waals surface area contributed by atoms with Crippen LogP contribution in [0.25, 0.3) is 0 Å². The van der Waals surface area contributed by atoms with Gasteiger partial charge in [-0.1, -0.05) is 6.07 Å². The Balaban J connectivity index is 2.53. The van der Waals surface area contributed by atoms with Crippen LogP contribution >= 0.6 is 0 Å². The predicted molar refractivity (Wildman–Crippen MR) is 60.1 cm³/mol. The molecule has 0 aromatic heterocycles. The van der Waals surface area contributed by atoms with Crippen molar-refractivity contribution in [3.05, 3.63) is 35.4 Å². The van der Waals surface area contributed by atoms with Gasteiger partial charge >= 0.3 is 5.97 Å². The number of hydrogen-bond donors (Lipinski definition) is 1. The van der Waals surface area contributed by atoms with Crippen LogP contribution in [0.15, 0.2) is 24.3 Å². The predicted octanol–water partition coefficient (Wildman–Crippen LogP) is 0.851. The standard InChI is InChI=1S/C12H12N2O3/c1-17-11(15)5-6-14-12(16)10-4-2-3-9(7-10)8-13/h2-4,7H,5-6H2,1H3,(H,14,16). The highest BCUT2D eigenvalue weighted by Crippen LogP contribution is 2.03. The second-order valence-corrected chi connectivity index (χ2v) is 3.27. The number of ether oxygens (including phenoxy) is 1. The van der Waals surface area contributed by atoms with Crippen molar-refractivity contribution < 1.29 is 14.3 Å². The maximum absolute atomic E-state index is 11.6. The van der Waals surface area contributed by atoms with Crippen molar-refractivity contribution in [3.8, 4) is 6.07 Å². The van der Waals surface area contributed by atoms with Crippen LogP contribution in [0.1, 0.15) is 22.3 Å². The molecule has 0 aliphatic carbocycles. The van der Waals surface area contributed by atoms with E-state index in [0.29, 0.717) is 11.1 Å². The smallest absolute Gasteiger partial charge is 0.307 e. The molecular weight excluding hydrogens is 220 g/mol. The molecule has 0 saturated carbocycles. The van der Waals surface area contributed by atoms with E-state index in [9.17, 15) is 9.59 Å². The lowest BCUT2D eigenvalue weighted by atomic mass is 10.1. The van der Waals surface area contributed by atoms with Crippen molar-refractivity contribution in [1.82, 2.24) is 5.32 Å². The number of esters is 1. The minimum absolute atomic E-state index is 0.125. The Morgan fingerprint density at radius 3 is 2.88 bits per heavy atom. The molecule has 0 atom stereocenters. The maximum Gasteiger partial charge on any atom is 0.307 e.